The molecule has 2 N–H and O–H groups in total. The zero-order valence-corrected chi connectivity index (χ0v) is 11.9. The van der Waals surface area contributed by atoms with Gasteiger partial charge in [-0.1, -0.05) is 29.8 Å². The number of nitrogens with one attached hydrogen (secondary N) is 2. The fourth-order valence-electron chi connectivity index (χ4n) is 2.42. The van der Waals surface area contributed by atoms with Crippen LogP contribution in [0.15, 0.2) is 30.4 Å². The smallest absolute Gasteiger partial charge is 0.269 e. The van der Waals surface area contributed by atoms with Crippen LogP contribution >= 0.6 is 0 Å². The summed E-state index contributed by atoms with van der Waals surface area (Å²) in [5.41, 5.74) is 7.53. The number of hydrogen-bond donors (Lipinski definition) is 2. The summed E-state index contributed by atoms with van der Waals surface area (Å²) in [5.74, 6) is -0.134. The molecule has 0 bridgehead atoms. The van der Waals surface area contributed by atoms with E-state index in [0.717, 1.165) is 24.0 Å². The summed E-state index contributed by atoms with van der Waals surface area (Å²) < 4.78 is 0. The van der Waals surface area contributed by atoms with E-state index in [9.17, 15) is 9.59 Å². The van der Waals surface area contributed by atoms with Gasteiger partial charge in [-0.05, 0) is 44.2 Å². The van der Waals surface area contributed by atoms with E-state index < -0.39 is 0 Å². The molecule has 4 heteroatoms. The molecule has 1 aliphatic rings. The van der Waals surface area contributed by atoms with Crippen molar-refractivity contribution in [1.29, 1.82) is 0 Å². The van der Waals surface area contributed by atoms with Gasteiger partial charge in [0.25, 0.3) is 5.91 Å². The quantitative estimate of drug-likeness (QED) is 0.656. The van der Waals surface area contributed by atoms with Gasteiger partial charge in [0, 0.05) is 12.0 Å². The maximum atomic E-state index is 12.0. The Morgan fingerprint density at radius 2 is 2.05 bits per heavy atom. The number of carbonyl (C=O) groups is 2. The Bertz CT molecular complexity index is 549. The van der Waals surface area contributed by atoms with Crippen molar-refractivity contribution in [2.75, 3.05) is 0 Å². The van der Waals surface area contributed by atoms with Gasteiger partial charge in [0.15, 0.2) is 0 Å². The number of hydrogen-bond acceptors (Lipinski definition) is 2. The number of allylic oxidation sites excluding steroid dienone is 2. The predicted molar refractivity (Wildman–Crippen MR) is 78.0 cm³/mol. The van der Waals surface area contributed by atoms with Gasteiger partial charge in [0.2, 0.25) is 5.91 Å². The lowest BCUT2D eigenvalue weighted by atomic mass is 10.1. The van der Waals surface area contributed by atoms with Crippen LogP contribution in [0.1, 0.15) is 40.7 Å². The van der Waals surface area contributed by atoms with Crippen LogP contribution in [-0.4, -0.2) is 11.8 Å². The number of benzene rings is 1. The van der Waals surface area contributed by atoms with Crippen LogP contribution < -0.4 is 10.9 Å². The molecule has 0 saturated heterocycles. The number of aryl methyl sites for hydroxylation is 2. The van der Waals surface area contributed by atoms with Gasteiger partial charge in [-0.3, -0.25) is 20.4 Å². The lowest BCUT2D eigenvalue weighted by Crippen LogP contribution is -2.42. The minimum Gasteiger partial charge on any atom is -0.273 e. The van der Waals surface area contributed by atoms with Gasteiger partial charge in [0.1, 0.15) is 0 Å². The molecule has 0 aromatic heterocycles. The Labute approximate surface area is 119 Å². The Balaban J connectivity index is 1.85. The molecule has 1 atom stereocenters. The Morgan fingerprint density at radius 3 is 2.70 bits per heavy atom. The second-order valence-corrected chi connectivity index (χ2v) is 5.29. The van der Waals surface area contributed by atoms with Gasteiger partial charge < -0.3 is 0 Å². The minimum absolute atomic E-state index is 0.153. The highest BCUT2D eigenvalue weighted by Crippen LogP contribution is 2.19. The molecule has 106 valence electrons. The van der Waals surface area contributed by atoms with Crippen molar-refractivity contribution in [3.63, 3.8) is 0 Å². The van der Waals surface area contributed by atoms with Crippen molar-refractivity contribution in [3.8, 4) is 0 Å². The Morgan fingerprint density at radius 1 is 1.25 bits per heavy atom. The highest BCUT2D eigenvalue weighted by Gasteiger charge is 2.15. The van der Waals surface area contributed by atoms with Crippen molar-refractivity contribution in [2.45, 2.75) is 33.1 Å². The molecule has 2 rings (SSSR count). The molecule has 0 fully saturated rings. The number of hydrazine groups is 1. The molecule has 0 aliphatic heterocycles. The maximum Gasteiger partial charge on any atom is 0.269 e. The summed E-state index contributed by atoms with van der Waals surface area (Å²) in [6.07, 6.45) is 6.62. The monoisotopic (exact) mass is 272 g/mol. The summed E-state index contributed by atoms with van der Waals surface area (Å²) in [6, 6.07) is 5.60. The summed E-state index contributed by atoms with van der Waals surface area (Å²) >= 11 is 0. The van der Waals surface area contributed by atoms with Crippen LogP contribution in [0, 0.1) is 19.8 Å². The van der Waals surface area contributed by atoms with E-state index >= 15 is 0 Å². The van der Waals surface area contributed by atoms with Crippen LogP contribution in [0.3, 0.4) is 0 Å². The maximum absolute atomic E-state index is 12.0. The van der Waals surface area contributed by atoms with Gasteiger partial charge >= 0.3 is 0 Å². The summed E-state index contributed by atoms with van der Waals surface area (Å²) in [6.45, 7) is 3.86. The first kappa shape index (κ1) is 14.3. The topological polar surface area (TPSA) is 58.2 Å². The molecule has 0 heterocycles. The second-order valence-electron chi connectivity index (χ2n) is 5.29. The van der Waals surface area contributed by atoms with Crippen LogP contribution in [0.25, 0.3) is 0 Å². The summed E-state index contributed by atoms with van der Waals surface area (Å²) in [5, 5.41) is 0. The van der Waals surface area contributed by atoms with Crippen molar-refractivity contribution >= 4 is 11.8 Å². The lowest BCUT2D eigenvalue weighted by molar-refractivity contribution is -0.122. The molecule has 0 unspecified atom stereocenters. The first-order valence-corrected chi connectivity index (χ1v) is 6.89. The van der Waals surface area contributed by atoms with Crippen molar-refractivity contribution in [2.24, 2.45) is 5.92 Å². The van der Waals surface area contributed by atoms with E-state index in [0.29, 0.717) is 17.9 Å². The minimum atomic E-state index is -0.280. The third-order valence-corrected chi connectivity index (χ3v) is 3.50. The average Bonchev–Trinajstić information content (AvgIpc) is 2.89. The van der Waals surface area contributed by atoms with E-state index in [-0.39, 0.29) is 11.8 Å². The standard InChI is InChI=1S/C16H20N2O2/c1-11-7-8-14(12(2)9-11)16(20)18-17-15(19)10-13-5-3-4-6-13/h3,5,7-9,13H,4,6,10H2,1-2H3,(H,17,19)(H,18,20)/t13-/m0/s1. The molecule has 20 heavy (non-hydrogen) atoms. The first-order valence-electron chi connectivity index (χ1n) is 6.89. The van der Waals surface area contributed by atoms with Gasteiger partial charge in [-0.25, -0.2) is 0 Å². The first-order chi connectivity index (χ1) is 9.56. The zero-order valence-electron chi connectivity index (χ0n) is 11.9. The third kappa shape index (κ3) is 3.70. The molecule has 2 amide bonds. The van der Waals surface area contributed by atoms with Crippen LogP contribution in [-0.2, 0) is 4.79 Å². The van der Waals surface area contributed by atoms with Gasteiger partial charge in [-0.2, -0.15) is 0 Å². The lowest BCUT2D eigenvalue weighted by Gasteiger charge is -2.11. The molecule has 0 spiro atoms. The van der Waals surface area contributed by atoms with E-state index in [1.54, 1.807) is 6.07 Å². The van der Waals surface area contributed by atoms with Gasteiger partial charge in [0.05, 0.1) is 0 Å². The predicted octanol–water partition coefficient (Wildman–Crippen LogP) is 2.42. The number of amides is 2. The molecule has 0 radical (unpaired) electrons. The summed E-state index contributed by atoms with van der Waals surface area (Å²) in [4.78, 5) is 23.7. The Hall–Kier alpha value is -2.10. The van der Waals surface area contributed by atoms with Gasteiger partial charge in [-0.15, -0.1) is 0 Å². The average molecular weight is 272 g/mol. The van der Waals surface area contributed by atoms with E-state index in [1.807, 2.05) is 26.0 Å². The van der Waals surface area contributed by atoms with Crippen molar-refractivity contribution in [1.82, 2.24) is 10.9 Å². The molecular formula is C16H20N2O2. The Kier molecular flexibility index (Phi) is 4.56. The molecule has 0 saturated carbocycles. The normalized spacial score (nSPS) is 17.0. The van der Waals surface area contributed by atoms with E-state index in [1.165, 1.54) is 0 Å². The molecular weight excluding hydrogens is 252 g/mol. The SMILES string of the molecule is Cc1ccc(C(=O)NNC(=O)C[C@H]2C=CCC2)c(C)c1. The zero-order chi connectivity index (χ0) is 14.5. The van der Waals surface area contributed by atoms with Crippen LogP contribution in [0.2, 0.25) is 0 Å². The van der Waals surface area contributed by atoms with Crippen molar-refractivity contribution < 1.29 is 9.59 Å². The van der Waals surface area contributed by atoms with Crippen molar-refractivity contribution in [3.05, 3.63) is 47.0 Å². The fourth-order valence-corrected chi connectivity index (χ4v) is 2.42. The molecule has 1 aromatic carbocycles. The van der Waals surface area contributed by atoms with Crippen LogP contribution in [0.4, 0.5) is 0 Å². The van der Waals surface area contributed by atoms with E-state index in [2.05, 4.69) is 23.0 Å². The van der Waals surface area contributed by atoms with E-state index in [4.69, 9.17) is 0 Å². The second kappa shape index (κ2) is 6.37. The third-order valence-electron chi connectivity index (χ3n) is 3.50. The fraction of sp³-hybridized carbons (Fsp3) is 0.375. The highest BCUT2D eigenvalue weighted by molar-refractivity contribution is 5.96. The number of rotatable bonds is 3. The molecule has 1 aromatic rings. The number of carbonyl (C=O) groups excluding carboxylic acids is 2. The molecule has 4 nitrogen and oxygen atoms in total. The van der Waals surface area contributed by atoms with Crippen LogP contribution in [0.5, 0.6) is 0 Å². The molecule has 1 aliphatic carbocycles. The summed E-state index contributed by atoms with van der Waals surface area (Å²) in [7, 11) is 0. The highest BCUT2D eigenvalue weighted by atomic mass is 16.2. The largest absolute Gasteiger partial charge is 0.273 e.